The Morgan fingerprint density at radius 3 is 2.76 bits per heavy atom. The molecule has 2 aromatic carbocycles. The lowest BCUT2D eigenvalue weighted by Gasteiger charge is -2.10. The van der Waals surface area contributed by atoms with E-state index < -0.39 is 0 Å². The van der Waals surface area contributed by atoms with Crippen molar-refractivity contribution in [2.45, 2.75) is 26.2 Å². The van der Waals surface area contributed by atoms with Gasteiger partial charge in [0.2, 0.25) is 6.79 Å². The number of hydrogen-bond acceptors (Lipinski definition) is 3. The van der Waals surface area contributed by atoms with Gasteiger partial charge in [-0.3, -0.25) is 4.99 Å². The molecule has 0 amide bonds. The van der Waals surface area contributed by atoms with Crippen LogP contribution < -0.4 is 20.5 Å². The molecule has 0 spiro atoms. The molecular formula is C19H24IN3O2. The number of halogens is 1. The number of guanidine groups is 1. The van der Waals surface area contributed by atoms with Crippen molar-refractivity contribution in [3.8, 4) is 11.5 Å². The van der Waals surface area contributed by atoms with Gasteiger partial charge in [0.1, 0.15) is 0 Å². The van der Waals surface area contributed by atoms with Crippen molar-refractivity contribution < 1.29 is 9.47 Å². The minimum absolute atomic E-state index is 0. The first-order chi connectivity index (χ1) is 11.6. The van der Waals surface area contributed by atoms with Crippen molar-refractivity contribution in [3.63, 3.8) is 0 Å². The number of benzene rings is 2. The van der Waals surface area contributed by atoms with E-state index in [4.69, 9.17) is 15.2 Å². The standard InChI is InChI=1S/C19H23N3O2.HI/c1-13(2)15-4-3-5-16(11-15)22-19(20)21-9-8-14-6-7-17-18(10-14)24-12-23-17;/h3-7,10-11,13H,8-9,12H2,1-2H3,(H3,20,21,22);1H. The molecule has 1 aliphatic rings. The van der Waals surface area contributed by atoms with E-state index in [2.05, 4.69) is 36.3 Å². The summed E-state index contributed by atoms with van der Waals surface area (Å²) in [6.45, 7) is 5.25. The smallest absolute Gasteiger partial charge is 0.231 e. The molecule has 0 aliphatic carbocycles. The van der Waals surface area contributed by atoms with E-state index in [1.54, 1.807) is 0 Å². The summed E-state index contributed by atoms with van der Waals surface area (Å²) in [5.74, 6) is 2.51. The lowest BCUT2D eigenvalue weighted by Crippen LogP contribution is -2.23. The Kier molecular flexibility index (Phi) is 6.92. The van der Waals surface area contributed by atoms with Crippen LogP contribution in [0.3, 0.4) is 0 Å². The molecule has 1 aliphatic heterocycles. The molecule has 0 atom stereocenters. The first-order valence-corrected chi connectivity index (χ1v) is 8.17. The maximum atomic E-state index is 5.98. The van der Waals surface area contributed by atoms with Crippen LogP contribution in [0, 0.1) is 0 Å². The predicted octanol–water partition coefficient (Wildman–Crippen LogP) is 4.13. The summed E-state index contributed by atoms with van der Waals surface area (Å²) in [5.41, 5.74) is 9.37. The summed E-state index contributed by atoms with van der Waals surface area (Å²) in [4.78, 5) is 4.39. The summed E-state index contributed by atoms with van der Waals surface area (Å²) in [7, 11) is 0. The minimum atomic E-state index is 0. The van der Waals surface area contributed by atoms with Crippen molar-refractivity contribution in [1.82, 2.24) is 0 Å². The molecule has 0 bridgehead atoms. The molecule has 0 saturated heterocycles. The molecule has 6 heteroatoms. The van der Waals surface area contributed by atoms with Crippen LogP contribution in [0.5, 0.6) is 11.5 Å². The minimum Gasteiger partial charge on any atom is -0.454 e. The second-order valence-corrected chi connectivity index (χ2v) is 6.11. The van der Waals surface area contributed by atoms with E-state index in [1.807, 2.05) is 30.3 Å². The average molecular weight is 453 g/mol. The van der Waals surface area contributed by atoms with Crippen molar-refractivity contribution in [3.05, 3.63) is 53.6 Å². The molecule has 0 radical (unpaired) electrons. The highest BCUT2D eigenvalue weighted by Gasteiger charge is 2.12. The predicted molar refractivity (Wildman–Crippen MR) is 112 cm³/mol. The molecule has 5 nitrogen and oxygen atoms in total. The maximum Gasteiger partial charge on any atom is 0.231 e. The lowest BCUT2D eigenvalue weighted by molar-refractivity contribution is 0.174. The van der Waals surface area contributed by atoms with Crippen molar-refractivity contribution in [2.75, 3.05) is 18.7 Å². The lowest BCUT2D eigenvalue weighted by atomic mass is 10.0. The van der Waals surface area contributed by atoms with Gasteiger partial charge in [0.05, 0.1) is 0 Å². The van der Waals surface area contributed by atoms with Gasteiger partial charge in [-0.15, -0.1) is 24.0 Å². The highest BCUT2D eigenvalue weighted by molar-refractivity contribution is 14.0. The molecule has 2 aromatic rings. The first kappa shape index (κ1) is 19.4. The van der Waals surface area contributed by atoms with E-state index in [1.165, 1.54) is 5.56 Å². The Morgan fingerprint density at radius 2 is 1.96 bits per heavy atom. The van der Waals surface area contributed by atoms with Gasteiger partial charge in [0.15, 0.2) is 17.5 Å². The average Bonchev–Trinajstić information content (AvgIpc) is 3.02. The van der Waals surface area contributed by atoms with E-state index >= 15 is 0 Å². The number of nitrogens with one attached hydrogen (secondary N) is 1. The molecule has 3 N–H and O–H groups in total. The third-order valence-corrected chi connectivity index (χ3v) is 3.95. The van der Waals surface area contributed by atoms with Crippen molar-refractivity contribution in [1.29, 1.82) is 0 Å². The van der Waals surface area contributed by atoms with E-state index in [9.17, 15) is 0 Å². The number of nitrogens with zero attached hydrogens (tertiary/aromatic N) is 1. The number of ether oxygens (including phenoxy) is 2. The van der Waals surface area contributed by atoms with Gasteiger partial charge in [-0.25, -0.2) is 0 Å². The Labute approximate surface area is 165 Å². The molecule has 0 aromatic heterocycles. The molecule has 0 fully saturated rings. The number of hydrogen-bond donors (Lipinski definition) is 2. The third-order valence-electron chi connectivity index (χ3n) is 3.95. The SMILES string of the molecule is CC(C)c1cccc(NC(N)=NCCc2ccc3c(c2)OCO3)c1.I. The Balaban J connectivity index is 0.00000225. The highest BCUT2D eigenvalue weighted by atomic mass is 127. The van der Waals surface area contributed by atoms with Crippen LogP contribution in [0.2, 0.25) is 0 Å². The van der Waals surface area contributed by atoms with Gasteiger partial charge in [0, 0.05) is 12.2 Å². The van der Waals surface area contributed by atoms with Crippen molar-refractivity contribution >= 4 is 35.6 Å². The van der Waals surface area contributed by atoms with Gasteiger partial charge in [-0.1, -0.05) is 32.0 Å². The normalized spacial score (nSPS) is 12.8. The van der Waals surface area contributed by atoms with Crippen LogP contribution in [0.1, 0.15) is 30.9 Å². The van der Waals surface area contributed by atoms with Crippen LogP contribution in [0.25, 0.3) is 0 Å². The Bertz CT molecular complexity index is 747. The van der Waals surface area contributed by atoms with Crippen LogP contribution >= 0.6 is 24.0 Å². The fourth-order valence-electron chi connectivity index (χ4n) is 2.56. The zero-order valence-electron chi connectivity index (χ0n) is 14.5. The number of nitrogens with two attached hydrogens (primary N) is 1. The molecule has 1 heterocycles. The Morgan fingerprint density at radius 1 is 1.16 bits per heavy atom. The summed E-state index contributed by atoms with van der Waals surface area (Å²) in [5, 5.41) is 3.15. The topological polar surface area (TPSA) is 68.9 Å². The molecule has 134 valence electrons. The molecule has 3 rings (SSSR count). The second-order valence-electron chi connectivity index (χ2n) is 6.11. The quantitative estimate of drug-likeness (QED) is 0.406. The zero-order chi connectivity index (χ0) is 16.9. The number of aliphatic imine (C=N–C) groups is 1. The summed E-state index contributed by atoms with van der Waals surface area (Å²) < 4.78 is 10.7. The van der Waals surface area contributed by atoms with Crippen LogP contribution in [-0.4, -0.2) is 19.3 Å². The van der Waals surface area contributed by atoms with Gasteiger partial charge in [-0.05, 0) is 47.7 Å². The molecule has 25 heavy (non-hydrogen) atoms. The largest absolute Gasteiger partial charge is 0.454 e. The van der Waals surface area contributed by atoms with Gasteiger partial charge in [-0.2, -0.15) is 0 Å². The number of fused-ring (bicyclic) bond motifs is 1. The summed E-state index contributed by atoms with van der Waals surface area (Å²) in [6.07, 6.45) is 0.797. The van der Waals surface area contributed by atoms with Crippen LogP contribution in [0.15, 0.2) is 47.5 Å². The van der Waals surface area contributed by atoms with E-state index in [-0.39, 0.29) is 24.0 Å². The zero-order valence-corrected chi connectivity index (χ0v) is 16.8. The molecule has 0 saturated carbocycles. The van der Waals surface area contributed by atoms with Gasteiger partial charge < -0.3 is 20.5 Å². The fourth-order valence-corrected chi connectivity index (χ4v) is 2.56. The first-order valence-electron chi connectivity index (χ1n) is 8.17. The second kappa shape index (κ2) is 8.94. The van der Waals surface area contributed by atoms with E-state index in [0.717, 1.165) is 29.2 Å². The Hall–Kier alpha value is -1.96. The molecular weight excluding hydrogens is 429 g/mol. The molecule has 0 unspecified atom stereocenters. The van der Waals surface area contributed by atoms with E-state index in [0.29, 0.717) is 25.2 Å². The number of rotatable bonds is 5. The third kappa shape index (κ3) is 5.26. The van der Waals surface area contributed by atoms with Crippen LogP contribution in [-0.2, 0) is 6.42 Å². The monoisotopic (exact) mass is 453 g/mol. The summed E-state index contributed by atoms with van der Waals surface area (Å²) in [6, 6.07) is 14.2. The highest BCUT2D eigenvalue weighted by Crippen LogP contribution is 2.32. The van der Waals surface area contributed by atoms with Gasteiger partial charge >= 0.3 is 0 Å². The fraction of sp³-hybridized carbons (Fsp3) is 0.316. The maximum absolute atomic E-state index is 5.98. The summed E-state index contributed by atoms with van der Waals surface area (Å²) >= 11 is 0. The van der Waals surface area contributed by atoms with Crippen LogP contribution in [0.4, 0.5) is 5.69 Å². The van der Waals surface area contributed by atoms with Gasteiger partial charge in [0.25, 0.3) is 0 Å². The van der Waals surface area contributed by atoms with Crippen molar-refractivity contribution in [2.24, 2.45) is 10.7 Å². The number of anilines is 1.